The van der Waals surface area contributed by atoms with E-state index in [1.165, 1.54) is 12.8 Å². The number of hydrogen-bond donors (Lipinski definition) is 0. The minimum atomic E-state index is -0.110. The molecular formula is C27H37N3O3. The van der Waals surface area contributed by atoms with Crippen molar-refractivity contribution in [2.45, 2.75) is 57.5 Å². The minimum absolute atomic E-state index is 0.0931. The van der Waals surface area contributed by atoms with Gasteiger partial charge in [0, 0.05) is 33.2 Å². The van der Waals surface area contributed by atoms with E-state index in [1.54, 1.807) is 6.26 Å². The second-order valence-electron chi connectivity index (χ2n) is 9.50. The van der Waals surface area contributed by atoms with E-state index in [-0.39, 0.29) is 23.8 Å². The molecule has 1 aromatic heterocycles. The van der Waals surface area contributed by atoms with Crippen LogP contribution in [0.2, 0.25) is 0 Å². The normalized spacial score (nSPS) is 19.4. The van der Waals surface area contributed by atoms with Crippen LogP contribution in [-0.4, -0.2) is 65.8 Å². The fourth-order valence-electron chi connectivity index (χ4n) is 5.55. The van der Waals surface area contributed by atoms with Crippen LogP contribution in [0.4, 0.5) is 0 Å². The Balaban J connectivity index is 1.41. The summed E-state index contributed by atoms with van der Waals surface area (Å²) in [5.74, 6) is 1.49. The molecule has 2 amide bonds. The van der Waals surface area contributed by atoms with Gasteiger partial charge in [-0.05, 0) is 42.9 Å². The molecule has 178 valence electrons. The van der Waals surface area contributed by atoms with Gasteiger partial charge < -0.3 is 14.2 Å². The van der Waals surface area contributed by atoms with E-state index in [4.69, 9.17) is 4.42 Å². The summed E-state index contributed by atoms with van der Waals surface area (Å²) in [6.07, 6.45) is 7.06. The van der Waals surface area contributed by atoms with E-state index in [2.05, 4.69) is 11.8 Å². The highest BCUT2D eigenvalue weighted by atomic mass is 16.3. The van der Waals surface area contributed by atoms with Crippen LogP contribution in [0.1, 0.15) is 56.3 Å². The maximum atomic E-state index is 13.6. The number of amides is 2. The molecule has 1 aromatic carbocycles. The third-order valence-corrected chi connectivity index (χ3v) is 7.38. The van der Waals surface area contributed by atoms with Crippen LogP contribution < -0.4 is 0 Å². The van der Waals surface area contributed by atoms with Gasteiger partial charge >= 0.3 is 0 Å². The maximum absolute atomic E-state index is 13.6. The summed E-state index contributed by atoms with van der Waals surface area (Å²) in [6.45, 7) is 5.43. The standard InChI is InChI=1S/C27H37N3O3/c1-3-24(21-10-5-4-6-11-21)26(31)30-17-15-29(16-18-30)25(22-12-7-8-13-22)27(32)28(2)20-23-14-9-19-33-23/h4-6,9-11,14,19,22,24-25H,3,7-8,12-13,15-18,20H2,1-2H3. The van der Waals surface area contributed by atoms with Crippen LogP contribution >= 0.6 is 0 Å². The lowest BCUT2D eigenvalue weighted by Gasteiger charge is -2.42. The van der Waals surface area contributed by atoms with Crippen molar-refractivity contribution in [2.75, 3.05) is 33.2 Å². The summed E-state index contributed by atoms with van der Waals surface area (Å²) in [7, 11) is 1.87. The van der Waals surface area contributed by atoms with E-state index in [0.29, 0.717) is 25.6 Å². The molecule has 2 atom stereocenters. The number of hydrogen-bond acceptors (Lipinski definition) is 4. The lowest BCUT2D eigenvalue weighted by atomic mass is 9.93. The van der Waals surface area contributed by atoms with E-state index in [1.807, 2.05) is 59.3 Å². The van der Waals surface area contributed by atoms with Gasteiger partial charge in [0.25, 0.3) is 0 Å². The molecule has 0 spiro atoms. The van der Waals surface area contributed by atoms with Gasteiger partial charge in [-0.15, -0.1) is 0 Å². The van der Waals surface area contributed by atoms with Crippen molar-refractivity contribution >= 4 is 11.8 Å². The number of benzene rings is 1. The molecule has 2 fully saturated rings. The fraction of sp³-hybridized carbons (Fsp3) is 0.556. The Morgan fingerprint density at radius 2 is 1.73 bits per heavy atom. The molecule has 0 N–H and O–H groups in total. The number of likely N-dealkylation sites (N-methyl/N-ethyl adjacent to an activating group) is 1. The zero-order valence-electron chi connectivity index (χ0n) is 20.0. The minimum Gasteiger partial charge on any atom is -0.467 e. The van der Waals surface area contributed by atoms with Gasteiger partial charge in [-0.25, -0.2) is 0 Å². The van der Waals surface area contributed by atoms with Crippen molar-refractivity contribution < 1.29 is 14.0 Å². The Morgan fingerprint density at radius 1 is 1.03 bits per heavy atom. The molecule has 4 rings (SSSR count). The molecule has 0 radical (unpaired) electrons. The van der Waals surface area contributed by atoms with E-state index in [0.717, 1.165) is 43.7 Å². The third kappa shape index (κ3) is 5.49. The average molecular weight is 452 g/mol. The molecule has 1 aliphatic heterocycles. The third-order valence-electron chi connectivity index (χ3n) is 7.38. The number of carbonyl (C=O) groups excluding carboxylic acids is 2. The van der Waals surface area contributed by atoms with Crippen LogP contribution in [0, 0.1) is 5.92 Å². The van der Waals surface area contributed by atoms with Crippen molar-refractivity contribution in [1.29, 1.82) is 0 Å². The summed E-state index contributed by atoms with van der Waals surface area (Å²) in [6, 6.07) is 13.7. The lowest BCUT2D eigenvalue weighted by Crippen LogP contribution is -2.58. The Morgan fingerprint density at radius 3 is 2.33 bits per heavy atom. The van der Waals surface area contributed by atoms with Gasteiger partial charge in [0.1, 0.15) is 5.76 Å². The van der Waals surface area contributed by atoms with Crippen LogP contribution in [0.5, 0.6) is 0 Å². The highest BCUT2D eigenvalue weighted by Crippen LogP contribution is 2.32. The molecule has 1 saturated carbocycles. The Bertz CT molecular complexity index is 885. The Labute approximate surface area is 197 Å². The zero-order chi connectivity index (χ0) is 23.2. The van der Waals surface area contributed by atoms with Gasteiger partial charge in [-0.3, -0.25) is 14.5 Å². The number of rotatable bonds is 8. The summed E-state index contributed by atoms with van der Waals surface area (Å²) in [5.41, 5.74) is 1.09. The van der Waals surface area contributed by atoms with Gasteiger partial charge in [0.05, 0.1) is 24.8 Å². The summed E-state index contributed by atoms with van der Waals surface area (Å²) < 4.78 is 5.46. The number of furan rings is 1. The summed E-state index contributed by atoms with van der Waals surface area (Å²) in [5, 5.41) is 0. The first-order valence-electron chi connectivity index (χ1n) is 12.4. The largest absolute Gasteiger partial charge is 0.467 e. The molecule has 1 saturated heterocycles. The molecule has 2 aromatic rings. The SMILES string of the molecule is CCC(C(=O)N1CCN(C(C(=O)N(C)Cc2ccco2)C2CCCC2)CC1)c1ccccc1. The van der Waals surface area contributed by atoms with Gasteiger partial charge in [-0.1, -0.05) is 50.1 Å². The second-order valence-corrected chi connectivity index (χ2v) is 9.50. The van der Waals surface area contributed by atoms with Crippen molar-refractivity contribution in [3.05, 3.63) is 60.1 Å². The molecule has 33 heavy (non-hydrogen) atoms. The molecule has 2 aliphatic rings. The second kappa shape index (κ2) is 11.0. The number of carbonyl (C=O) groups is 2. The number of nitrogens with zero attached hydrogens (tertiary/aromatic N) is 3. The monoisotopic (exact) mass is 451 g/mol. The van der Waals surface area contributed by atoms with Crippen LogP contribution in [0.15, 0.2) is 53.1 Å². The van der Waals surface area contributed by atoms with Crippen LogP contribution in [0.25, 0.3) is 0 Å². The Kier molecular flexibility index (Phi) is 7.86. The molecule has 6 heteroatoms. The predicted molar refractivity (Wildman–Crippen MR) is 129 cm³/mol. The summed E-state index contributed by atoms with van der Waals surface area (Å²) >= 11 is 0. The quantitative estimate of drug-likeness (QED) is 0.605. The highest BCUT2D eigenvalue weighted by Gasteiger charge is 2.39. The van der Waals surface area contributed by atoms with Crippen molar-refractivity contribution in [3.63, 3.8) is 0 Å². The fourth-order valence-corrected chi connectivity index (χ4v) is 5.55. The molecular weight excluding hydrogens is 414 g/mol. The van der Waals surface area contributed by atoms with E-state index in [9.17, 15) is 9.59 Å². The van der Waals surface area contributed by atoms with E-state index >= 15 is 0 Å². The maximum Gasteiger partial charge on any atom is 0.240 e. The predicted octanol–water partition coefficient (Wildman–Crippen LogP) is 4.13. The van der Waals surface area contributed by atoms with Crippen molar-refractivity contribution in [3.8, 4) is 0 Å². The van der Waals surface area contributed by atoms with Crippen LogP contribution in [0.3, 0.4) is 0 Å². The van der Waals surface area contributed by atoms with E-state index < -0.39 is 0 Å². The highest BCUT2D eigenvalue weighted by molar-refractivity contribution is 5.84. The smallest absolute Gasteiger partial charge is 0.240 e. The topological polar surface area (TPSA) is 57.0 Å². The number of piperazine rings is 1. The van der Waals surface area contributed by atoms with Crippen molar-refractivity contribution in [2.24, 2.45) is 5.92 Å². The first-order chi connectivity index (χ1) is 16.1. The first kappa shape index (κ1) is 23.6. The lowest BCUT2D eigenvalue weighted by molar-refractivity contribution is -0.141. The average Bonchev–Trinajstić information content (AvgIpc) is 3.55. The van der Waals surface area contributed by atoms with Gasteiger partial charge in [-0.2, -0.15) is 0 Å². The zero-order valence-corrected chi connectivity index (χ0v) is 20.0. The molecule has 2 heterocycles. The first-order valence-corrected chi connectivity index (χ1v) is 12.4. The molecule has 1 aliphatic carbocycles. The molecule has 2 unspecified atom stereocenters. The molecule has 6 nitrogen and oxygen atoms in total. The van der Waals surface area contributed by atoms with Crippen LogP contribution in [-0.2, 0) is 16.1 Å². The van der Waals surface area contributed by atoms with Gasteiger partial charge in [0.15, 0.2) is 0 Å². The van der Waals surface area contributed by atoms with Gasteiger partial charge in [0.2, 0.25) is 11.8 Å². The summed E-state index contributed by atoms with van der Waals surface area (Å²) in [4.78, 5) is 33.0. The Hall–Kier alpha value is -2.60. The van der Waals surface area contributed by atoms with Crippen molar-refractivity contribution in [1.82, 2.24) is 14.7 Å². The molecule has 0 bridgehead atoms.